The van der Waals surface area contributed by atoms with Crippen LogP contribution in [-0.4, -0.2) is 32.1 Å². The van der Waals surface area contributed by atoms with Gasteiger partial charge in [0, 0.05) is 53.7 Å². The van der Waals surface area contributed by atoms with E-state index in [0.29, 0.717) is 23.7 Å². The van der Waals surface area contributed by atoms with Crippen molar-refractivity contribution in [3.8, 4) is 45.3 Å². The third-order valence-corrected chi connectivity index (χ3v) is 10.4. The van der Waals surface area contributed by atoms with E-state index in [9.17, 15) is 19.0 Å². The van der Waals surface area contributed by atoms with Gasteiger partial charge in [-0.1, -0.05) is 63.7 Å². The molecule has 0 fully saturated rings. The predicted molar refractivity (Wildman–Crippen MR) is 253 cm³/mol. The number of aryl methyl sites for hydroxylation is 2. The van der Waals surface area contributed by atoms with E-state index in [1.54, 1.807) is 24.3 Å². The normalized spacial score (nSPS) is 11.3. The average Bonchev–Trinajstić information content (AvgIpc) is 3.79. The molecule has 0 aliphatic carbocycles. The van der Waals surface area contributed by atoms with Gasteiger partial charge in [-0.25, -0.2) is 8.78 Å². The standard InChI is InChI=1S/C26H26FNO3.C26H24FNO.CH4.ClH/c1-2-13-28-16-20(14-22(30)17-29)25-15-19(5-12-26(25)28)18-3-8-23(9-4-18)31-24-10-6-21(27)7-11-24;1-3-5-21-18-28(16-4-2)26-15-8-20(17-25(21)26)19-6-11-23(12-7-19)29-24-13-9-22(27)10-14-24;;/h3-12,15-16,22,29-30H,2,13-14,17H2,1H3;3,6-15,17-18H,1,4-5,16H2,2H3;1H4;1H/t22-;;;/m0.../s1. The first-order valence-electron chi connectivity index (χ1n) is 20.5. The van der Waals surface area contributed by atoms with Crippen LogP contribution in [0.1, 0.15) is 45.2 Å². The summed E-state index contributed by atoms with van der Waals surface area (Å²) < 4.78 is 42.2. The molecule has 8 rings (SSSR count). The van der Waals surface area contributed by atoms with Crippen molar-refractivity contribution in [3.63, 3.8) is 0 Å². The fraction of sp³-hybridized carbons (Fsp3) is 0.208. The average molecular weight is 857 g/mol. The van der Waals surface area contributed by atoms with E-state index in [0.717, 1.165) is 71.3 Å². The predicted octanol–water partition coefficient (Wildman–Crippen LogP) is 14.0. The third-order valence-electron chi connectivity index (χ3n) is 10.4. The van der Waals surface area contributed by atoms with Gasteiger partial charge in [0.2, 0.25) is 0 Å². The molecular formula is C53H55ClF2N2O4. The van der Waals surface area contributed by atoms with Crippen molar-refractivity contribution < 1.29 is 28.5 Å². The molecule has 0 saturated heterocycles. The Morgan fingerprint density at radius 1 is 0.581 bits per heavy atom. The zero-order chi connectivity index (χ0) is 42.0. The summed E-state index contributed by atoms with van der Waals surface area (Å²) in [5.74, 6) is 2.04. The minimum Gasteiger partial charge on any atom is -0.457 e. The Labute approximate surface area is 369 Å². The van der Waals surface area contributed by atoms with E-state index in [1.807, 2.05) is 42.5 Å². The number of aromatic nitrogens is 2. The summed E-state index contributed by atoms with van der Waals surface area (Å²) in [6.45, 7) is 9.90. The molecule has 6 nitrogen and oxygen atoms in total. The van der Waals surface area contributed by atoms with Crippen molar-refractivity contribution in [2.24, 2.45) is 0 Å². The lowest BCUT2D eigenvalue weighted by atomic mass is 10.0. The first-order chi connectivity index (χ1) is 29.2. The van der Waals surface area contributed by atoms with Crippen molar-refractivity contribution in [2.45, 2.75) is 66.2 Å². The number of aliphatic hydroxyl groups excluding tert-OH is 2. The van der Waals surface area contributed by atoms with Crippen LogP contribution >= 0.6 is 12.4 Å². The van der Waals surface area contributed by atoms with Gasteiger partial charge in [-0.2, -0.15) is 0 Å². The van der Waals surface area contributed by atoms with Gasteiger partial charge in [0.05, 0.1) is 12.7 Å². The fourth-order valence-corrected chi connectivity index (χ4v) is 7.46. The summed E-state index contributed by atoms with van der Waals surface area (Å²) in [6, 6.07) is 40.7. The van der Waals surface area contributed by atoms with Crippen LogP contribution in [-0.2, 0) is 25.9 Å². The molecule has 9 heteroatoms. The molecule has 2 N–H and O–H groups in total. The monoisotopic (exact) mass is 856 g/mol. The van der Waals surface area contributed by atoms with Gasteiger partial charge in [-0.15, -0.1) is 19.0 Å². The molecule has 8 aromatic rings. The minimum absolute atomic E-state index is 0. The lowest BCUT2D eigenvalue weighted by molar-refractivity contribution is 0.0957. The first-order valence-corrected chi connectivity index (χ1v) is 20.5. The van der Waals surface area contributed by atoms with Crippen LogP contribution < -0.4 is 9.47 Å². The molecule has 0 spiro atoms. The number of ether oxygens (including phenoxy) is 2. The highest BCUT2D eigenvalue weighted by Crippen LogP contribution is 2.33. The second-order valence-corrected chi connectivity index (χ2v) is 14.9. The number of rotatable bonds is 15. The van der Waals surface area contributed by atoms with Crippen molar-refractivity contribution in [1.29, 1.82) is 0 Å². The molecule has 0 unspecified atom stereocenters. The summed E-state index contributed by atoms with van der Waals surface area (Å²) >= 11 is 0. The van der Waals surface area contributed by atoms with Crippen LogP contribution in [0.15, 0.2) is 159 Å². The molecule has 2 aromatic heterocycles. The number of hydrogen-bond donors (Lipinski definition) is 2. The highest BCUT2D eigenvalue weighted by molar-refractivity contribution is 5.90. The number of fused-ring (bicyclic) bond motifs is 2. The lowest BCUT2D eigenvalue weighted by Crippen LogP contribution is -2.14. The SMILES string of the molecule is C.C=CCc1cn(CCC)c2ccc(-c3ccc(Oc4ccc(F)cc4)cc3)cc12.CCCn1cc(C[C@H](O)CO)c2cc(-c3ccc(Oc4ccc(F)cc4)cc3)ccc21.Cl. The molecule has 0 saturated carbocycles. The Hall–Kier alpha value is -6.19. The van der Waals surface area contributed by atoms with Gasteiger partial charge in [0.25, 0.3) is 0 Å². The lowest BCUT2D eigenvalue weighted by Gasteiger charge is -2.09. The molecule has 62 heavy (non-hydrogen) atoms. The van der Waals surface area contributed by atoms with Gasteiger partial charge in [-0.05, 0) is 150 Å². The van der Waals surface area contributed by atoms with Crippen LogP contribution in [0.2, 0.25) is 0 Å². The maximum Gasteiger partial charge on any atom is 0.127 e. The molecule has 0 radical (unpaired) electrons. The van der Waals surface area contributed by atoms with Crippen LogP contribution in [0.3, 0.4) is 0 Å². The first kappa shape index (κ1) is 46.9. The Kier molecular flexibility index (Phi) is 16.7. The van der Waals surface area contributed by atoms with Crippen LogP contribution in [0.4, 0.5) is 8.78 Å². The van der Waals surface area contributed by atoms with E-state index in [1.165, 1.54) is 46.3 Å². The second-order valence-electron chi connectivity index (χ2n) is 14.9. The van der Waals surface area contributed by atoms with E-state index < -0.39 is 6.10 Å². The minimum atomic E-state index is -0.771. The summed E-state index contributed by atoms with van der Waals surface area (Å²) in [5.41, 5.74) is 9.15. The van der Waals surface area contributed by atoms with Crippen LogP contribution in [0.25, 0.3) is 44.1 Å². The topological polar surface area (TPSA) is 68.8 Å². The number of benzene rings is 6. The van der Waals surface area contributed by atoms with Crippen molar-refractivity contribution in [1.82, 2.24) is 9.13 Å². The Balaban J connectivity index is 0.000000227. The molecule has 0 aliphatic heterocycles. The van der Waals surface area contributed by atoms with E-state index in [2.05, 4.69) is 90.5 Å². The Morgan fingerprint density at radius 3 is 1.34 bits per heavy atom. The quantitative estimate of drug-likeness (QED) is 0.101. The summed E-state index contributed by atoms with van der Waals surface area (Å²) in [4.78, 5) is 0. The van der Waals surface area contributed by atoms with Crippen molar-refractivity contribution >= 4 is 34.2 Å². The Bertz CT molecular complexity index is 2650. The molecule has 1 atom stereocenters. The van der Waals surface area contributed by atoms with Crippen LogP contribution in [0, 0.1) is 11.6 Å². The van der Waals surface area contributed by atoms with E-state index in [4.69, 9.17) is 9.47 Å². The van der Waals surface area contributed by atoms with Gasteiger partial charge >= 0.3 is 0 Å². The van der Waals surface area contributed by atoms with Gasteiger partial charge in [0.1, 0.15) is 34.6 Å². The Morgan fingerprint density at radius 2 is 0.952 bits per heavy atom. The number of halogens is 3. The molecule has 6 aromatic carbocycles. The smallest absolute Gasteiger partial charge is 0.127 e. The summed E-state index contributed by atoms with van der Waals surface area (Å²) in [6.07, 6.45) is 8.91. The third kappa shape index (κ3) is 11.4. The largest absolute Gasteiger partial charge is 0.457 e. The van der Waals surface area contributed by atoms with Gasteiger partial charge in [-0.3, -0.25) is 0 Å². The number of aliphatic hydroxyl groups is 2. The molecule has 0 aliphatic rings. The summed E-state index contributed by atoms with van der Waals surface area (Å²) in [5, 5.41) is 21.6. The zero-order valence-corrected chi connectivity index (χ0v) is 35.3. The van der Waals surface area contributed by atoms with Crippen molar-refractivity contribution in [2.75, 3.05) is 6.61 Å². The molecule has 0 bridgehead atoms. The second kappa shape index (κ2) is 22.1. The van der Waals surface area contributed by atoms with E-state index in [-0.39, 0.29) is 38.1 Å². The fourth-order valence-electron chi connectivity index (χ4n) is 7.46. The maximum absolute atomic E-state index is 13.1. The summed E-state index contributed by atoms with van der Waals surface area (Å²) in [7, 11) is 0. The highest BCUT2D eigenvalue weighted by Gasteiger charge is 2.14. The van der Waals surface area contributed by atoms with Crippen LogP contribution in [0.5, 0.6) is 23.0 Å². The molecule has 0 amide bonds. The highest BCUT2D eigenvalue weighted by atomic mass is 35.5. The zero-order valence-electron chi connectivity index (χ0n) is 34.4. The number of allylic oxidation sites excluding steroid dienone is 1. The van der Waals surface area contributed by atoms with Gasteiger partial charge < -0.3 is 28.8 Å². The molecule has 322 valence electrons. The number of nitrogens with zero attached hydrogens (tertiary/aromatic N) is 2. The van der Waals surface area contributed by atoms with E-state index >= 15 is 0 Å². The maximum atomic E-state index is 13.1. The molecular weight excluding hydrogens is 802 g/mol. The molecule has 2 heterocycles. The van der Waals surface area contributed by atoms with Crippen molar-refractivity contribution in [3.05, 3.63) is 181 Å². The van der Waals surface area contributed by atoms with Gasteiger partial charge in [0.15, 0.2) is 0 Å². The number of hydrogen-bond acceptors (Lipinski definition) is 4.